The first-order chi connectivity index (χ1) is 4.70. The minimum atomic E-state index is 0.0166. The van der Waals surface area contributed by atoms with Gasteiger partial charge < -0.3 is 11.1 Å². The van der Waals surface area contributed by atoms with Crippen molar-refractivity contribution in [3.8, 4) is 0 Å². The minimum Gasteiger partial charge on any atom is -0.351 e. The molecule has 0 saturated carbocycles. The normalized spacial score (nSPS) is 32.2. The lowest BCUT2D eigenvalue weighted by Gasteiger charge is -2.14. The Balaban J connectivity index is 2.33. The third kappa shape index (κ3) is 1.88. The zero-order valence-corrected chi connectivity index (χ0v) is 6.78. The fourth-order valence-electron chi connectivity index (χ4n) is 0.981. The Bertz CT molecular complexity index is 140. The third-order valence-electron chi connectivity index (χ3n) is 1.51. The molecular weight excluding hydrogens is 148 g/mol. The average Bonchev–Trinajstić information content (AvgIpc) is 2.15. The highest BCUT2D eigenvalue weighted by Crippen LogP contribution is 2.15. The molecule has 0 aliphatic carbocycles. The van der Waals surface area contributed by atoms with Crippen LogP contribution in [0, 0.1) is 0 Å². The fourth-order valence-corrected chi connectivity index (χ4v) is 2.21. The molecule has 0 bridgehead atoms. The molecule has 1 saturated heterocycles. The summed E-state index contributed by atoms with van der Waals surface area (Å²) in [7, 11) is 0. The fraction of sp³-hybridized carbons (Fsp3) is 0.833. The van der Waals surface area contributed by atoms with Crippen LogP contribution in [0.4, 0.5) is 0 Å². The number of hydrogen-bond donors (Lipinski definition) is 2. The Morgan fingerprint density at radius 3 is 2.80 bits per heavy atom. The van der Waals surface area contributed by atoms with Crippen molar-refractivity contribution >= 4 is 17.7 Å². The number of hydrogen-bond acceptors (Lipinski definition) is 3. The van der Waals surface area contributed by atoms with Crippen LogP contribution in [0.25, 0.3) is 0 Å². The van der Waals surface area contributed by atoms with Crippen LogP contribution in [0.2, 0.25) is 0 Å². The molecule has 1 rings (SSSR count). The summed E-state index contributed by atoms with van der Waals surface area (Å²) >= 11 is 1.79. The van der Waals surface area contributed by atoms with E-state index < -0.39 is 0 Å². The van der Waals surface area contributed by atoms with E-state index in [0.717, 1.165) is 11.5 Å². The van der Waals surface area contributed by atoms with Crippen molar-refractivity contribution in [2.24, 2.45) is 5.73 Å². The Morgan fingerprint density at radius 1 is 1.70 bits per heavy atom. The molecule has 0 aromatic carbocycles. The van der Waals surface area contributed by atoms with Crippen LogP contribution >= 0.6 is 11.8 Å². The molecule has 3 nitrogen and oxygen atoms in total. The van der Waals surface area contributed by atoms with Crippen LogP contribution in [0.1, 0.15) is 6.92 Å². The predicted molar refractivity (Wildman–Crippen MR) is 42.9 cm³/mol. The predicted octanol–water partition coefficient (Wildman–Crippen LogP) is -0.435. The Kier molecular flexibility index (Phi) is 2.56. The molecule has 0 spiro atoms. The van der Waals surface area contributed by atoms with Gasteiger partial charge in [-0.15, -0.1) is 0 Å². The molecular formula is C6H12N2OS. The summed E-state index contributed by atoms with van der Waals surface area (Å²) in [6.07, 6.45) is 0. The van der Waals surface area contributed by atoms with Gasteiger partial charge in [-0.1, -0.05) is 0 Å². The highest BCUT2D eigenvalue weighted by molar-refractivity contribution is 7.99. The molecule has 0 aromatic rings. The topological polar surface area (TPSA) is 55.1 Å². The van der Waals surface area contributed by atoms with E-state index in [1.165, 1.54) is 6.92 Å². The maximum atomic E-state index is 10.6. The molecule has 1 fully saturated rings. The molecule has 10 heavy (non-hydrogen) atoms. The van der Waals surface area contributed by atoms with Gasteiger partial charge in [0.1, 0.15) is 0 Å². The summed E-state index contributed by atoms with van der Waals surface area (Å²) in [6, 6.07) is 0.344. The van der Waals surface area contributed by atoms with Gasteiger partial charge in [0.05, 0.1) is 6.04 Å². The number of carbonyl (C=O) groups excluding carboxylic acids is 1. The summed E-state index contributed by atoms with van der Waals surface area (Å²) in [5.74, 6) is 1.94. The van der Waals surface area contributed by atoms with E-state index >= 15 is 0 Å². The maximum Gasteiger partial charge on any atom is 0.217 e. The summed E-state index contributed by atoms with van der Waals surface area (Å²) in [5.41, 5.74) is 5.69. The van der Waals surface area contributed by atoms with Crippen molar-refractivity contribution in [2.75, 3.05) is 11.5 Å². The van der Waals surface area contributed by atoms with Gasteiger partial charge in [-0.3, -0.25) is 4.79 Å². The van der Waals surface area contributed by atoms with E-state index in [-0.39, 0.29) is 18.0 Å². The molecule has 0 radical (unpaired) electrons. The lowest BCUT2D eigenvalue weighted by atomic mass is 10.2. The first-order valence-corrected chi connectivity index (χ1v) is 4.46. The summed E-state index contributed by atoms with van der Waals surface area (Å²) in [4.78, 5) is 10.6. The second-order valence-electron chi connectivity index (χ2n) is 2.51. The Labute approximate surface area is 64.7 Å². The van der Waals surface area contributed by atoms with Crippen molar-refractivity contribution in [2.45, 2.75) is 19.0 Å². The van der Waals surface area contributed by atoms with Crippen LogP contribution in [0.15, 0.2) is 0 Å². The van der Waals surface area contributed by atoms with Gasteiger partial charge in [0, 0.05) is 24.5 Å². The second kappa shape index (κ2) is 3.25. The van der Waals surface area contributed by atoms with Crippen molar-refractivity contribution in [1.82, 2.24) is 5.32 Å². The number of carbonyl (C=O) groups is 1. The van der Waals surface area contributed by atoms with Gasteiger partial charge in [-0.2, -0.15) is 11.8 Å². The van der Waals surface area contributed by atoms with Crippen LogP contribution < -0.4 is 11.1 Å². The summed E-state index contributed by atoms with van der Waals surface area (Å²) in [6.45, 7) is 1.52. The smallest absolute Gasteiger partial charge is 0.217 e. The van der Waals surface area contributed by atoms with E-state index in [1.807, 2.05) is 0 Å². The largest absolute Gasteiger partial charge is 0.351 e. The van der Waals surface area contributed by atoms with Crippen molar-refractivity contribution in [1.29, 1.82) is 0 Å². The molecule has 0 unspecified atom stereocenters. The maximum absolute atomic E-state index is 10.6. The zero-order valence-electron chi connectivity index (χ0n) is 5.96. The summed E-state index contributed by atoms with van der Waals surface area (Å²) in [5, 5.41) is 2.81. The van der Waals surface area contributed by atoms with Crippen molar-refractivity contribution in [3.63, 3.8) is 0 Å². The second-order valence-corrected chi connectivity index (χ2v) is 3.58. The molecule has 58 valence electrons. The molecule has 0 aromatic heterocycles. The average molecular weight is 160 g/mol. The highest BCUT2D eigenvalue weighted by atomic mass is 32.2. The van der Waals surface area contributed by atoms with Crippen LogP contribution in [-0.2, 0) is 4.79 Å². The van der Waals surface area contributed by atoms with Crippen LogP contribution in [0.3, 0.4) is 0 Å². The summed E-state index contributed by atoms with van der Waals surface area (Å²) < 4.78 is 0. The van der Waals surface area contributed by atoms with E-state index in [1.54, 1.807) is 11.8 Å². The van der Waals surface area contributed by atoms with Gasteiger partial charge in [0.2, 0.25) is 5.91 Å². The van der Waals surface area contributed by atoms with Crippen LogP contribution in [0.5, 0.6) is 0 Å². The third-order valence-corrected chi connectivity index (χ3v) is 2.73. The first-order valence-electron chi connectivity index (χ1n) is 3.30. The van der Waals surface area contributed by atoms with E-state index in [2.05, 4.69) is 5.32 Å². The van der Waals surface area contributed by atoms with Gasteiger partial charge >= 0.3 is 0 Å². The monoisotopic (exact) mass is 160 g/mol. The molecule has 2 atom stereocenters. The number of rotatable bonds is 1. The van der Waals surface area contributed by atoms with E-state index in [0.29, 0.717) is 0 Å². The number of amides is 1. The van der Waals surface area contributed by atoms with Gasteiger partial charge in [-0.05, 0) is 0 Å². The lowest BCUT2D eigenvalue weighted by Crippen LogP contribution is -2.45. The molecule has 1 aliphatic rings. The van der Waals surface area contributed by atoms with Crippen LogP contribution in [-0.4, -0.2) is 29.5 Å². The first kappa shape index (κ1) is 7.88. The minimum absolute atomic E-state index is 0.0166. The Morgan fingerprint density at radius 2 is 2.40 bits per heavy atom. The lowest BCUT2D eigenvalue weighted by molar-refractivity contribution is -0.119. The van der Waals surface area contributed by atoms with Gasteiger partial charge in [0.25, 0.3) is 0 Å². The quantitative estimate of drug-likeness (QED) is 0.547. The molecule has 1 heterocycles. The molecule has 3 N–H and O–H groups in total. The van der Waals surface area contributed by atoms with Crippen molar-refractivity contribution < 1.29 is 4.79 Å². The van der Waals surface area contributed by atoms with E-state index in [9.17, 15) is 4.79 Å². The molecule has 1 aliphatic heterocycles. The Hall–Kier alpha value is -0.220. The number of nitrogens with two attached hydrogens (primary N) is 1. The number of nitrogens with one attached hydrogen (secondary N) is 1. The SMILES string of the molecule is CC(=O)N[C@@H]1CSC[C@@H]1N. The van der Waals surface area contributed by atoms with Crippen molar-refractivity contribution in [3.05, 3.63) is 0 Å². The van der Waals surface area contributed by atoms with Gasteiger partial charge in [-0.25, -0.2) is 0 Å². The number of thioether (sulfide) groups is 1. The molecule has 4 heteroatoms. The van der Waals surface area contributed by atoms with E-state index in [4.69, 9.17) is 5.73 Å². The highest BCUT2D eigenvalue weighted by Gasteiger charge is 2.24. The molecule has 1 amide bonds. The van der Waals surface area contributed by atoms with Gasteiger partial charge in [0.15, 0.2) is 0 Å². The zero-order chi connectivity index (χ0) is 7.56. The standard InChI is InChI=1S/C6H12N2OS/c1-4(9)8-6-3-10-2-5(6)7/h5-6H,2-3,7H2,1H3,(H,8,9)/t5-,6+/m0/s1.